The van der Waals surface area contributed by atoms with Gasteiger partial charge in [0, 0.05) is 24.1 Å². The van der Waals surface area contributed by atoms with Gasteiger partial charge in [-0.1, -0.05) is 33.1 Å². The molecule has 2 fully saturated rings. The van der Waals surface area contributed by atoms with Gasteiger partial charge in [-0.05, 0) is 18.8 Å². The second-order valence-corrected chi connectivity index (χ2v) is 7.80. The third-order valence-electron chi connectivity index (χ3n) is 4.45. The monoisotopic (exact) mass is 285 g/mol. The molecule has 0 bridgehead atoms. The first-order valence-electron chi connectivity index (χ1n) is 7.62. The normalized spacial score (nSPS) is 27.6. The highest BCUT2D eigenvalue weighted by atomic mass is 32.2. The second-order valence-electron chi connectivity index (χ2n) is 6.45. The Morgan fingerprint density at radius 2 is 2.05 bits per heavy atom. The maximum Gasteiger partial charge on any atom is 0.225 e. The fraction of sp³-hybridized carbons (Fsp3) is 0.933. The molecule has 4 heteroatoms. The first-order valence-corrected chi connectivity index (χ1v) is 8.67. The van der Waals surface area contributed by atoms with Crippen LogP contribution in [0.1, 0.15) is 52.4 Å². The lowest BCUT2D eigenvalue weighted by Crippen LogP contribution is -2.46. The van der Waals surface area contributed by atoms with Gasteiger partial charge in [0.15, 0.2) is 0 Å². The van der Waals surface area contributed by atoms with E-state index in [1.54, 1.807) is 0 Å². The van der Waals surface area contributed by atoms with Crippen molar-refractivity contribution in [1.82, 2.24) is 4.90 Å². The van der Waals surface area contributed by atoms with Crippen molar-refractivity contribution in [2.75, 3.05) is 18.8 Å². The van der Waals surface area contributed by atoms with Gasteiger partial charge >= 0.3 is 0 Å². The smallest absolute Gasteiger partial charge is 0.225 e. The summed E-state index contributed by atoms with van der Waals surface area (Å²) in [5.74, 6) is 1.81. The summed E-state index contributed by atoms with van der Waals surface area (Å²) in [6.45, 7) is 6.15. The molecule has 1 saturated heterocycles. The number of hydrogen-bond donors (Lipinski definition) is 1. The van der Waals surface area contributed by atoms with E-state index in [0.29, 0.717) is 17.6 Å². The Balaban J connectivity index is 1.88. The summed E-state index contributed by atoms with van der Waals surface area (Å²) in [4.78, 5) is 14.4. The number of thioether (sulfide) groups is 1. The summed E-state index contributed by atoms with van der Waals surface area (Å²) in [5, 5.41) is 11.0. The SMILES string of the molecule is CC(C)C1CN(C(=O)CC2(O)CCCCC2)CCS1. The second kappa shape index (κ2) is 6.49. The lowest BCUT2D eigenvalue weighted by molar-refractivity contribution is -0.137. The summed E-state index contributed by atoms with van der Waals surface area (Å²) in [6, 6.07) is 0. The van der Waals surface area contributed by atoms with Crippen molar-refractivity contribution in [1.29, 1.82) is 0 Å². The fourth-order valence-electron chi connectivity index (χ4n) is 3.09. The van der Waals surface area contributed by atoms with Crippen LogP contribution >= 0.6 is 11.8 Å². The summed E-state index contributed by atoms with van der Waals surface area (Å²) >= 11 is 1.98. The van der Waals surface area contributed by atoms with E-state index >= 15 is 0 Å². The topological polar surface area (TPSA) is 40.5 Å². The number of amides is 1. The van der Waals surface area contributed by atoms with E-state index in [1.807, 2.05) is 16.7 Å². The van der Waals surface area contributed by atoms with Crippen LogP contribution in [0.15, 0.2) is 0 Å². The molecular formula is C15H27NO2S. The van der Waals surface area contributed by atoms with Crippen LogP contribution in [-0.4, -0.2) is 45.6 Å². The molecule has 1 aliphatic carbocycles. The molecule has 1 N–H and O–H groups in total. The fourth-order valence-corrected chi connectivity index (χ4v) is 4.38. The minimum absolute atomic E-state index is 0.162. The third-order valence-corrected chi connectivity index (χ3v) is 5.99. The molecule has 1 heterocycles. The van der Waals surface area contributed by atoms with E-state index in [1.165, 1.54) is 6.42 Å². The van der Waals surface area contributed by atoms with Crippen LogP contribution in [0.3, 0.4) is 0 Å². The predicted molar refractivity (Wildman–Crippen MR) is 80.3 cm³/mol. The van der Waals surface area contributed by atoms with Crippen molar-refractivity contribution >= 4 is 17.7 Å². The third kappa shape index (κ3) is 4.12. The zero-order valence-corrected chi connectivity index (χ0v) is 13.0. The summed E-state index contributed by atoms with van der Waals surface area (Å²) in [6.07, 6.45) is 5.27. The van der Waals surface area contributed by atoms with Gasteiger partial charge in [-0.2, -0.15) is 11.8 Å². The van der Waals surface area contributed by atoms with E-state index in [9.17, 15) is 9.90 Å². The minimum atomic E-state index is -0.715. The van der Waals surface area contributed by atoms with Crippen LogP contribution in [0.2, 0.25) is 0 Å². The van der Waals surface area contributed by atoms with Crippen LogP contribution < -0.4 is 0 Å². The molecule has 3 nitrogen and oxygen atoms in total. The molecule has 1 saturated carbocycles. The number of rotatable bonds is 3. The summed E-state index contributed by atoms with van der Waals surface area (Å²) < 4.78 is 0. The average molecular weight is 285 g/mol. The quantitative estimate of drug-likeness (QED) is 0.866. The lowest BCUT2D eigenvalue weighted by Gasteiger charge is -2.37. The molecule has 1 atom stereocenters. The number of carbonyl (C=O) groups is 1. The number of hydrogen-bond acceptors (Lipinski definition) is 3. The van der Waals surface area contributed by atoms with E-state index in [-0.39, 0.29) is 5.91 Å². The maximum absolute atomic E-state index is 12.4. The van der Waals surface area contributed by atoms with Gasteiger partial charge in [-0.3, -0.25) is 4.79 Å². The van der Waals surface area contributed by atoms with E-state index in [0.717, 1.165) is 44.5 Å². The van der Waals surface area contributed by atoms with Crippen molar-refractivity contribution in [2.24, 2.45) is 5.92 Å². The zero-order valence-electron chi connectivity index (χ0n) is 12.2. The molecule has 1 aliphatic heterocycles. The standard InChI is InChI=1S/C15H27NO2S/c1-12(2)13-11-16(8-9-19-13)14(17)10-15(18)6-4-3-5-7-15/h12-13,18H,3-11H2,1-2H3. The molecule has 2 rings (SSSR count). The van der Waals surface area contributed by atoms with Crippen LogP contribution in [0.25, 0.3) is 0 Å². The Hall–Kier alpha value is -0.220. The number of aliphatic hydroxyl groups is 1. The van der Waals surface area contributed by atoms with Gasteiger partial charge in [0.1, 0.15) is 0 Å². The average Bonchev–Trinajstić information content (AvgIpc) is 2.39. The molecule has 0 aromatic heterocycles. The van der Waals surface area contributed by atoms with Gasteiger partial charge in [-0.15, -0.1) is 0 Å². The van der Waals surface area contributed by atoms with Crippen molar-refractivity contribution in [3.05, 3.63) is 0 Å². The van der Waals surface area contributed by atoms with E-state index in [2.05, 4.69) is 13.8 Å². The molecule has 19 heavy (non-hydrogen) atoms. The summed E-state index contributed by atoms with van der Waals surface area (Å²) in [5.41, 5.74) is -0.715. The zero-order chi connectivity index (χ0) is 13.9. The van der Waals surface area contributed by atoms with Crippen LogP contribution in [0.5, 0.6) is 0 Å². The van der Waals surface area contributed by atoms with Crippen LogP contribution in [0, 0.1) is 5.92 Å². The highest BCUT2D eigenvalue weighted by Gasteiger charge is 2.35. The highest BCUT2D eigenvalue weighted by Crippen LogP contribution is 2.32. The number of nitrogens with zero attached hydrogens (tertiary/aromatic N) is 1. The Labute approximate surface area is 121 Å². The van der Waals surface area contributed by atoms with Gasteiger partial charge in [0.2, 0.25) is 5.91 Å². The van der Waals surface area contributed by atoms with Crippen molar-refractivity contribution < 1.29 is 9.90 Å². The Kier molecular flexibility index (Phi) is 5.18. The maximum atomic E-state index is 12.4. The Morgan fingerprint density at radius 1 is 1.37 bits per heavy atom. The molecule has 0 radical (unpaired) electrons. The van der Waals surface area contributed by atoms with Crippen LogP contribution in [0.4, 0.5) is 0 Å². The largest absolute Gasteiger partial charge is 0.389 e. The van der Waals surface area contributed by atoms with Gasteiger partial charge < -0.3 is 10.0 Å². The van der Waals surface area contributed by atoms with E-state index < -0.39 is 5.60 Å². The van der Waals surface area contributed by atoms with Crippen LogP contribution in [-0.2, 0) is 4.79 Å². The predicted octanol–water partition coefficient (Wildman–Crippen LogP) is 2.67. The molecule has 110 valence electrons. The minimum Gasteiger partial charge on any atom is -0.389 e. The molecule has 0 aromatic carbocycles. The Bertz CT molecular complexity index is 313. The van der Waals surface area contributed by atoms with Crippen molar-refractivity contribution in [3.8, 4) is 0 Å². The first-order chi connectivity index (χ1) is 9.00. The molecule has 0 aromatic rings. The van der Waals surface area contributed by atoms with Gasteiger partial charge in [0.25, 0.3) is 0 Å². The number of carbonyl (C=O) groups excluding carboxylic acids is 1. The highest BCUT2D eigenvalue weighted by molar-refractivity contribution is 8.00. The van der Waals surface area contributed by atoms with Crippen molar-refractivity contribution in [3.63, 3.8) is 0 Å². The molecule has 1 unspecified atom stereocenters. The first kappa shape index (κ1) is 15.2. The molecule has 2 aliphatic rings. The lowest BCUT2D eigenvalue weighted by atomic mass is 9.82. The molecule has 1 amide bonds. The Morgan fingerprint density at radius 3 is 2.68 bits per heavy atom. The van der Waals surface area contributed by atoms with Gasteiger partial charge in [0.05, 0.1) is 12.0 Å². The molecule has 0 spiro atoms. The molecular weight excluding hydrogens is 258 g/mol. The van der Waals surface area contributed by atoms with Crippen molar-refractivity contribution in [2.45, 2.75) is 63.2 Å². The van der Waals surface area contributed by atoms with Gasteiger partial charge in [-0.25, -0.2) is 0 Å². The van der Waals surface area contributed by atoms with E-state index in [4.69, 9.17) is 0 Å². The summed E-state index contributed by atoms with van der Waals surface area (Å²) in [7, 11) is 0.